The van der Waals surface area contributed by atoms with Crippen LogP contribution < -0.4 is 11.5 Å². The summed E-state index contributed by atoms with van der Waals surface area (Å²) in [7, 11) is 0. The van der Waals surface area contributed by atoms with Crippen molar-refractivity contribution in [1.82, 2.24) is 0 Å². The average Bonchev–Trinajstić information content (AvgIpc) is 2.76. The van der Waals surface area contributed by atoms with Crippen LogP contribution in [0.4, 0.5) is 0 Å². The van der Waals surface area contributed by atoms with Crippen molar-refractivity contribution >= 4 is 11.8 Å². The summed E-state index contributed by atoms with van der Waals surface area (Å²) in [5.74, 6) is -0.907. The highest BCUT2D eigenvalue weighted by molar-refractivity contribution is 6.01. The molecule has 0 aliphatic heterocycles. The second-order valence-corrected chi connectivity index (χ2v) is 4.57. The molecule has 1 aliphatic rings. The van der Waals surface area contributed by atoms with Crippen LogP contribution in [-0.4, -0.2) is 11.8 Å². The summed E-state index contributed by atoms with van der Waals surface area (Å²) < 4.78 is 0. The largest absolute Gasteiger partial charge is 0.366 e. The van der Waals surface area contributed by atoms with Crippen LogP contribution >= 0.6 is 0 Å². The van der Waals surface area contributed by atoms with Crippen molar-refractivity contribution in [3.05, 3.63) is 58.7 Å². The molecule has 2 amide bonds. The number of hydrogen-bond donors (Lipinski definition) is 2. The van der Waals surface area contributed by atoms with Gasteiger partial charge in [-0.3, -0.25) is 9.59 Å². The lowest BCUT2D eigenvalue weighted by Gasteiger charge is -2.04. The van der Waals surface area contributed by atoms with E-state index in [4.69, 9.17) is 11.5 Å². The summed E-state index contributed by atoms with van der Waals surface area (Å²) >= 11 is 0. The Morgan fingerprint density at radius 2 is 1.21 bits per heavy atom. The first kappa shape index (κ1) is 11.5. The van der Waals surface area contributed by atoms with Crippen LogP contribution in [0.15, 0.2) is 36.4 Å². The molecule has 0 spiro atoms. The molecule has 2 aromatic carbocycles. The predicted octanol–water partition coefficient (Wildman–Crippen LogP) is 1.46. The van der Waals surface area contributed by atoms with E-state index < -0.39 is 11.8 Å². The molecule has 3 rings (SSSR count). The van der Waals surface area contributed by atoms with Crippen LogP contribution in [0.1, 0.15) is 31.8 Å². The number of hydrogen-bond acceptors (Lipinski definition) is 2. The van der Waals surface area contributed by atoms with Gasteiger partial charge in [-0.1, -0.05) is 24.3 Å². The van der Waals surface area contributed by atoms with E-state index in [1.165, 1.54) is 0 Å². The zero-order valence-corrected chi connectivity index (χ0v) is 10.1. The van der Waals surface area contributed by atoms with Crippen LogP contribution in [0, 0.1) is 0 Å². The molecule has 4 heteroatoms. The highest BCUT2D eigenvalue weighted by Crippen LogP contribution is 2.39. The molecule has 94 valence electrons. The number of carbonyl (C=O) groups excluding carboxylic acids is 2. The SMILES string of the molecule is NC(=O)c1cccc2c1Cc1c(C(N)=O)cccc1-2. The Hall–Kier alpha value is -2.62. The molecule has 0 aromatic heterocycles. The van der Waals surface area contributed by atoms with E-state index >= 15 is 0 Å². The molecule has 0 bridgehead atoms. The van der Waals surface area contributed by atoms with Gasteiger partial charge in [0.15, 0.2) is 0 Å². The van der Waals surface area contributed by atoms with Crippen LogP contribution in [-0.2, 0) is 6.42 Å². The number of fused-ring (bicyclic) bond motifs is 3. The first-order valence-corrected chi connectivity index (χ1v) is 5.93. The monoisotopic (exact) mass is 252 g/mol. The maximum atomic E-state index is 11.5. The summed E-state index contributed by atoms with van der Waals surface area (Å²) in [5, 5.41) is 0. The normalized spacial score (nSPS) is 11.8. The smallest absolute Gasteiger partial charge is 0.249 e. The van der Waals surface area contributed by atoms with Gasteiger partial charge in [-0.05, 0) is 34.4 Å². The van der Waals surface area contributed by atoms with Gasteiger partial charge in [0, 0.05) is 17.5 Å². The summed E-state index contributed by atoms with van der Waals surface area (Å²) in [6, 6.07) is 10.9. The second-order valence-electron chi connectivity index (χ2n) is 4.57. The van der Waals surface area contributed by atoms with Crippen molar-refractivity contribution in [3.8, 4) is 11.1 Å². The summed E-state index contributed by atoms with van der Waals surface area (Å²) in [6.45, 7) is 0. The summed E-state index contributed by atoms with van der Waals surface area (Å²) in [5.41, 5.74) is 15.4. The molecule has 2 aromatic rings. The van der Waals surface area contributed by atoms with E-state index in [0.717, 1.165) is 22.3 Å². The zero-order chi connectivity index (χ0) is 13.6. The van der Waals surface area contributed by atoms with Crippen molar-refractivity contribution < 1.29 is 9.59 Å². The van der Waals surface area contributed by atoms with Gasteiger partial charge in [0.05, 0.1) is 0 Å². The Bertz CT molecular complexity index is 659. The first-order chi connectivity index (χ1) is 9.09. The quantitative estimate of drug-likeness (QED) is 0.723. The Balaban J connectivity index is 2.27. The molecule has 0 radical (unpaired) electrons. The zero-order valence-electron chi connectivity index (χ0n) is 10.1. The highest BCUT2D eigenvalue weighted by atomic mass is 16.1. The van der Waals surface area contributed by atoms with Crippen molar-refractivity contribution in [3.63, 3.8) is 0 Å². The van der Waals surface area contributed by atoms with Gasteiger partial charge < -0.3 is 11.5 Å². The molecular formula is C15H12N2O2. The van der Waals surface area contributed by atoms with Crippen LogP contribution in [0.5, 0.6) is 0 Å². The lowest BCUT2D eigenvalue weighted by atomic mass is 10.0. The molecule has 0 fully saturated rings. The minimum absolute atomic E-state index is 0.453. The number of benzene rings is 2. The number of primary amides is 2. The number of nitrogens with two attached hydrogens (primary N) is 2. The van der Waals surface area contributed by atoms with Gasteiger partial charge in [-0.15, -0.1) is 0 Å². The predicted molar refractivity (Wildman–Crippen MR) is 71.7 cm³/mol. The van der Waals surface area contributed by atoms with E-state index in [2.05, 4.69) is 0 Å². The number of rotatable bonds is 2. The van der Waals surface area contributed by atoms with Crippen molar-refractivity contribution in [2.75, 3.05) is 0 Å². The Morgan fingerprint density at radius 3 is 1.58 bits per heavy atom. The Morgan fingerprint density at radius 1 is 0.789 bits per heavy atom. The fraction of sp³-hybridized carbons (Fsp3) is 0.0667. The third kappa shape index (κ3) is 1.61. The maximum absolute atomic E-state index is 11.5. The van der Waals surface area contributed by atoms with Crippen molar-refractivity contribution in [1.29, 1.82) is 0 Å². The van der Waals surface area contributed by atoms with Gasteiger partial charge in [0.25, 0.3) is 0 Å². The average molecular weight is 252 g/mol. The molecule has 4 nitrogen and oxygen atoms in total. The fourth-order valence-electron chi connectivity index (χ4n) is 2.70. The second kappa shape index (κ2) is 3.95. The van der Waals surface area contributed by atoms with Gasteiger partial charge >= 0.3 is 0 Å². The van der Waals surface area contributed by atoms with Crippen molar-refractivity contribution in [2.45, 2.75) is 6.42 Å². The molecular weight excluding hydrogens is 240 g/mol. The molecule has 0 unspecified atom stereocenters. The lowest BCUT2D eigenvalue weighted by Crippen LogP contribution is -2.14. The van der Waals surface area contributed by atoms with E-state index in [1.54, 1.807) is 24.3 Å². The van der Waals surface area contributed by atoms with Gasteiger partial charge in [0.2, 0.25) is 11.8 Å². The van der Waals surface area contributed by atoms with Crippen LogP contribution in [0.25, 0.3) is 11.1 Å². The van der Waals surface area contributed by atoms with E-state index in [-0.39, 0.29) is 0 Å². The maximum Gasteiger partial charge on any atom is 0.249 e. The topological polar surface area (TPSA) is 86.2 Å². The standard InChI is InChI=1S/C15H12N2O2/c16-14(18)10-5-1-3-8-9-4-2-6-11(15(17)19)13(9)7-12(8)10/h1-6H,7H2,(H2,16,18)(H2,17,19). The summed E-state index contributed by atoms with van der Waals surface area (Å²) in [6.07, 6.45) is 0.517. The number of carbonyl (C=O) groups is 2. The third-order valence-corrected chi connectivity index (χ3v) is 3.53. The van der Waals surface area contributed by atoms with E-state index in [1.807, 2.05) is 12.1 Å². The minimum Gasteiger partial charge on any atom is -0.366 e. The van der Waals surface area contributed by atoms with Gasteiger partial charge in [-0.25, -0.2) is 0 Å². The molecule has 1 aliphatic carbocycles. The van der Waals surface area contributed by atoms with E-state index in [9.17, 15) is 9.59 Å². The van der Waals surface area contributed by atoms with Crippen LogP contribution in [0.3, 0.4) is 0 Å². The lowest BCUT2D eigenvalue weighted by molar-refractivity contribution is 0.0992. The van der Waals surface area contributed by atoms with Crippen molar-refractivity contribution in [2.24, 2.45) is 11.5 Å². The van der Waals surface area contributed by atoms with Gasteiger partial charge in [-0.2, -0.15) is 0 Å². The number of amides is 2. The summed E-state index contributed by atoms with van der Waals surface area (Å²) in [4.78, 5) is 22.9. The minimum atomic E-state index is -0.453. The van der Waals surface area contributed by atoms with E-state index in [0.29, 0.717) is 17.5 Å². The Labute approximate surface area is 110 Å². The first-order valence-electron chi connectivity index (χ1n) is 5.93. The van der Waals surface area contributed by atoms with Gasteiger partial charge in [0.1, 0.15) is 0 Å². The van der Waals surface area contributed by atoms with Crippen LogP contribution in [0.2, 0.25) is 0 Å². The fourth-order valence-corrected chi connectivity index (χ4v) is 2.70. The molecule has 0 saturated carbocycles. The molecule has 19 heavy (non-hydrogen) atoms. The Kier molecular flexibility index (Phi) is 2.38. The third-order valence-electron chi connectivity index (χ3n) is 3.53. The molecule has 4 N–H and O–H groups in total. The molecule has 0 heterocycles. The molecule has 0 atom stereocenters. The molecule has 0 saturated heterocycles. The highest BCUT2D eigenvalue weighted by Gasteiger charge is 2.25.